The molecule has 1 aromatic heterocycles. The highest BCUT2D eigenvalue weighted by atomic mass is 16.7. The van der Waals surface area contributed by atoms with Crippen molar-refractivity contribution in [2.45, 2.75) is 6.54 Å². The number of hydrogen-bond donors (Lipinski definition) is 1. The van der Waals surface area contributed by atoms with Crippen molar-refractivity contribution in [2.24, 2.45) is 0 Å². The van der Waals surface area contributed by atoms with Gasteiger partial charge in [-0.3, -0.25) is 9.48 Å². The van der Waals surface area contributed by atoms with Gasteiger partial charge in [-0.1, -0.05) is 60.7 Å². The van der Waals surface area contributed by atoms with Crippen molar-refractivity contribution in [1.29, 1.82) is 0 Å². The summed E-state index contributed by atoms with van der Waals surface area (Å²) < 4.78 is 17.5. The monoisotopic (exact) mass is 481 g/mol. The maximum Gasteiger partial charge on any atom is 0.331 e. The van der Waals surface area contributed by atoms with Crippen LogP contribution in [0.5, 0.6) is 11.5 Å². The lowest BCUT2D eigenvalue weighted by molar-refractivity contribution is -0.142. The van der Waals surface area contributed by atoms with Gasteiger partial charge in [0.25, 0.3) is 5.91 Å². The number of aromatic nitrogens is 2. The van der Waals surface area contributed by atoms with E-state index < -0.39 is 18.5 Å². The number of carbonyl (C=O) groups is 2. The lowest BCUT2D eigenvalue weighted by atomic mass is 10.1. The number of ether oxygens (including phenoxy) is 3. The standard InChI is InChI=1S/C28H23N3O5/c32-26(29-23-12-13-24-25(15-23)36-19-35-24)18-34-27(33)14-11-22-17-31(16-20-7-3-1-4-8-20)30-28(22)21-9-5-2-6-10-21/h1-15,17H,16,18-19H2,(H,29,32)/b14-11+. The molecule has 180 valence electrons. The minimum absolute atomic E-state index is 0.147. The Kier molecular flexibility index (Phi) is 6.75. The molecule has 8 nitrogen and oxygen atoms in total. The summed E-state index contributed by atoms with van der Waals surface area (Å²) in [4.78, 5) is 24.5. The topological polar surface area (TPSA) is 91.7 Å². The van der Waals surface area contributed by atoms with Crippen molar-refractivity contribution in [2.75, 3.05) is 18.7 Å². The maximum absolute atomic E-state index is 12.3. The number of rotatable bonds is 8. The maximum atomic E-state index is 12.3. The van der Waals surface area contributed by atoms with E-state index in [4.69, 9.17) is 19.3 Å². The van der Waals surface area contributed by atoms with Crippen LogP contribution in [0.4, 0.5) is 5.69 Å². The first-order chi connectivity index (χ1) is 17.6. The zero-order valence-corrected chi connectivity index (χ0v) is 19.3. The van der Waals surface area contributed by atoms with Crippen molar-refractivity contribution >= 4 is 23.6 Å². The van der Waals surface area contributed by atoms with Gasteiger partial charge in [-0.25, -0.2) is 4.79 Å². The Morgan fingerprint density at radius 1 is 0.972 bits per heavy atom. The largest absolute Gasteiger partial charge is 0.454 e. The molecule has 0 atom stereocenters. The van der Waals surface area contributed by atoms with Crippen LogP contribution in [0.1, 0.15) is 11.1 Å². The van der Waals surface area contributed by atoms with Gasteiger partial charge in [-0.05, 0) is 23.8 Å². The van der Waals surface area contributed by atoms with Gasteiger partial charge in [0.1, 0.15) is 0 Å². The summed E-state index contributed by atoms with van der Waals surface area (Å²) in [5, 5.41) is 7.40. The summed E-state index contributed by atoms with van der Waals surface area (Å²) in [6.45, 7) is 0.323. The minimum atomic E-state index is -0.634. The van der Waals surface area contributed by atoms with Crippen LogP contribution >= 0.6 is 0 Å². The molecular weight excluding hydrogens is 458 g/mol. The summed E-state index contributed by atoms with van der Waals surface area (Å²) in [5.74, 6) is 0.0724. The second kappa shape index (κ2) is 10.6. The Morgan fingerprint density at radius 2 is 1.72 bits per heavy atom. The van der Waals surface area contributed by atoms with E-state index in [1.54, 1.807) is 24.3 Å². The molecule has 0 spiro atoms. The van der Waals surface area contributed by atoms with Crippen LogP contribution in [0.25, 0.3) is 17.3 Å². The average molecular weight is 482 g/mol. The van der Waals surface area contributed by atoms with E-state index in [2.05, 4.69) is 5.32 Å². The van der Waals surface area contributed by atoms with Gasteiger partial charge < -0.3 is 19.5 Å². The van der Waals surface area contributed by atoms with Gasteiger partial charge in [0.05, 0.1) is 12.2 Å². The van der Waals surface area contributed by atoms with Crippen LogP contribution in [0.15, 0.2) is 91.1 Å². The first-order valence-corrected chi connectivity index (χ1v) is 11.4. The number of anilines is 1. The third-order valence-electron chi connectivity index (χ3n) is 5.43. The molecule has 0 unspecified atom stereocenters. The lowest BCUT2D eigenvalue weighted by Crippen LogP contribution is -2.20. The van der Waals surface area contributed by atoms with E-state index in [-0.39, 0.29) is 6.79 Å². The van der Waals surface area contributed by atoms with Crippen molar-refractivity contribution in [3.63, 3.8) is 0 Å². The van der Waals surface area contributed by atoms with Gasteiger partial charge in [0.2, 0.25) is 6.79 Å². The third-order valence-corrected chi connectivity index (χ3v) is 5.43. The Bertz CT molecular complexity index is 1400. The SMILES string of the molecule is O=C(COC(=O)/C=C/c1cn(Cc2ccccc2)nc1-c1ccccc1)Nc1ccc2c(c1)OCO2. The van der Waals surface area contributed by atoms with E-state index in [9.17, 15) is 9.59 Å². The number of benzene rings is 3. The quantitative estimate of drug-likeness (QED) is 0.294. The van der Waals surface area contributed by atoms with E-state index in [1.165, 1.54) is 6.08 Å². The van der Waals surface area contributed by atoms with Gasteiger partial charge in [0, 0.05) is 35.2 Å². The van der Waals surface area contributed by atoms with Crippen molar-refractivity contribution in [3.8, 4) is 22.8 Å². The van der Waals surface area contributed by atoms with E-state index in [1.807, 2.05) is 71.5 Å². The lowest BCUT2D eigenvalue weighted by Gasteiger charge is -2.06. The summed E-state index contributed by atoms with van der Waals surface area (Å²) in [7, 11) is 0. The molecule has 2 heterocycles. The molecule has 0 radical (unpaired) electrons. The van der Waals surface area contributed by atoms with Crippen LogP contribution in [-0.2, 0) is 20.9 Å². The molecule has 1 amide bonds. The van der Waals surface area contributed by atoms with Crippen LogP contribution in [0.3, 0.4) is 0 Å². The molecule has 1 N–H and O–H groups in total. The predicted octanol–water partition coefficient (Wildman–Crippen LogP) is 4.52. The fourth-order valence-electron chi connectivity index (χ4n) is 3.74. The number of nitrogens with one attached hydrogen (secondary N) is 1. The van der Waals surface area contributed by atoms with E-state index in [0.29, 0.717) is 23.7 Å². The minimum Gasteiger partial charge on any atom is -0.454 e. The molecular formula is C28H23N3O5. The van der Waals surface area contributed by atoms with Crippen LogP contribution in [0.2, 0.25) is 0 Å². The average Bonchev–Trinajstić information content (AvgIpc) is 3.54. The van der Waals surface area contributed by atoms with Crippen molar-refractivity contribution in [1.82, 2.24) is 9.78 Å². The number of nitrogens with zero attached hydrogens (tertiary/aromatic N) is 2. The third kappa shape index (κ3) is 5.61. The molecule has 0 fully saturated rings. The number of esters is 1. The van der Waals surface area contributed by atoms with Crippen molar-refractivity contribution in [3.05, 3.63) is 102 Å². The Morgan fingerprint density at radius 3 is 2.53 bits per heavy atom. The zero-order valence-electron chi connectivity index (χ0n) is 19.3. The number of carbonyl (C=O) groups excluding carboxylic acids is 2. The predicted molar refractivity (Wildman–Crippen MR) is 134 cm³/mol. The zero-order chi connectivity index (χ0) is 24.7. The summed E-state index contributed by atoms with van der Waals surface area (Å²) in [6, 6.07) is 24.8. The Labute approximate surface area is 207 Å². The molecule has 3 aromatic carbocycles. The summed E-state index contributed by atoms with van der Waals surface area (Å²) in [6.07, 6.45) is 4.82. The van der Waals surface area contributed by atoms with Gasteiger partial charge in [0.15, 0.2) is 18.1 Å². The molecule has 4 aromatic rings. The Balaban J connectivity index is 1.23. The van der Waals surface area contributed by atoms with Crippen LogP contribution in [0, 0.1) is 0 Å². The smallest absolute Gasteiger partial charge is 0.331 e. The van der Waals surface area contributed by atoms with Crippen molar-refractivity contribution < 1.29 is 23.8 Å². The number of hydrogen-bond acceptors (Lipinski definition) is 6. The molecule has 36 heavy (non-hydrogen) atoms. The number of fused-ring (bicyclic) bond motifs is 1. The summed E-state index contributed by atoms with van der Waals surface area (Å²) in [5.41, 5.74) is 4.08. The highest BCUT2D eigenvalue weighted by Crippen LogP contribution is 2.34. The molecule has 0 aliphatic carbocycles. The molecule has 5 rings (SSSR count). The fraction of sp³-hybridized carbons (Fsp3) is 0.107. The number of amides is 1. The van der Waals surface area contributed by atoms with E-state index in [0.717, 1.165) is 22.4 Å². The fourth-order valence-corrected chi connectivity index (χ4v) is 3.74. The second-order valence-electron chi connectivity index (χ2n) is 8.04. The molecule has 0 saturated carbocycles. The normalized spacial score (nSPS) is 12.0. The summed E-state index contributed by atoms with van der Waals surface area (Å²) >= 11 is 0. The molecule has 1 aliphatic heterocycles. The molecule has 0 bridgehead atoms. The molecule has 8 heteroatoms. The van der Waals surface area contributed by atoms with Crippen LogP contribution < -0.4 is 14.8 Å². The molecule has 0 saturated heterocycles. The first-order valence-electron chi connectivity index (χ1n) is 11.4. The van der Waals surface area contributed by atoms with Gasteiger partial charge >= 0.3 is 5.97 Å². The Hall–Kier alpha value is -4.85. The van der Waals surface area contributed by atoms with Crippen LogP contribution in [-0.4, -0.2) is 35.1 Å². The highest BCUT2D eigenvalue weighted by Gasteiger charge is 2.15. The second-order valence-corrected chi connectivity index (χ2v) is 8.04. The van der Waals surface area contributed by atoms with E-state index >= 15 is 0 Å². The van der Waals surface area contributed by atoms with Gasteiger partial charge in [-0.15, -0.1) is 0 Å². The van der Waals surface area contributed by atoms with Gasteiger partial charge in [-0.2, -0.15) is 5.10 Å². The highest BCUT2D eigenvalue weighted by molar-refractivity contribution is 5.95. The first kappa shape index (κ1) is 22.9. The molecule has 1 aliphatic rings.